The Bertz CT molecular complexity index is 308. The first kappa shape index (κ1) is 11.2. The molecule has 0 aliphatic rings. The number of nitrogens with two attached hydrogens (primary N) is 1. The third-order valence-electron chi connectivity index (χ3n) is 1.64. The molecule has 1 atom stereocenters. The lowest BCUT2D eigenvalue weighted by Gasteiger charge is -2.07. The molecule has 3 nitrogen and oxygen atoms in total. The maximum absolute atomic E-state index is 11.5. The molecule has 0 saturated carbocycles. The topological polar surface area (TPSA) is 55.1 Å². The summed E-state index contributed by atoms with van der Waals surface area (Å²) in [5, 5.41) is 0. The predicted molar refractivity (Wildman–Crippen MR) is 61.0 cm³/mol. The highest BCUT2D eigenvalue weighted by Crippen LogP contribution is 2.07. The molecule has 0 aliphatic heterocycles. The second-order valence-electron chi connectivity index (χ2n) is 3.50. The zero-order chi connectivity index (χ0) is 10.6. The van der Waals surface area contributed by atoms with Gasteiger partial charge in [0, 0.05) is 11.7 Å². The monoisotopic (exact) mass is 212 g/mol. The summed E-state index contributed by atoms with van der Waals surface area (Å²) < 4.78 is 14.4. The van der Waals surface area contributed by atoms with E-state index < -0.39 is 11.0 Å². The number of rotatable bonds is 4. The Balaban J connectivity index is 2.52. The average molecular weight is 212 g/mol. The summed E-state index contributed by atoms with van der Waals surface area (Å²) in [6.45, 7) is 3.95. The van der Waals surface area contributed by atoms with Crippen LogP contribution in [0.4, 0.5) is 5.69 Å². The lowest BCUT2D eigenvalue weighted by atomic mass is 10.2. The van der Waals surface area contributed by atoms with Gasteiger partial charge in [0.05, 0.1) is 16.7 Å². The van der Waals surface area contributed by atoms with Gasteiger partial charge in [-0.05, 0) is 31.5 Å². The lowest BCUT2D eigenvalue weighted by Crippen LogP contribution is -2.25. The second kappa shape index (κ2) is 5.12. The van der Waals surface area contributed by atoms with Gasteiger partial charge in [-0.2, -0.15) is 0 Å². The minimum absolute atomic E-state index is 0.240. The lowest BCUT2D eigenvalue weighted by molar-refractivity contribution is 0.655. The van der Waals surface area contributed by atoms with E-state index in [1.807, 2.05) is 38.1 Å². The molecule has 0 radical (unpaired) electrons. The fourth-order valence-corrected chi connectivity index (χ4v) is 2.17. The number of anilines is 1. The van der Waals surface area contributed by atoms with Crippen LogP contribution < -0.4 is 10.5 Å². The highest BCUT2D eigenvalue weighted by molar-refractivity contribution is 7.82. The first-order valence-corrected chi connectivity index (χ1v) is 5.89. The van der Waals surface area contributed by atoms with Gasteiger partial charge in [-0.3, -0.25) is 0 Å². The Morgan fingerprint density at radius 3 is 2.43 bits per heavy atom. The summed E-state index contributed by atoms with van der Waals surface area (Å²) >= 11 is 0. The molecule has 0 heterocycles. The van der Waals surface area contributed by atoms with Gasteiger partial charge in [0.15, 0.2) is 0 Å². The molecule has 0 fully saturated rings. The molecular formula is C10H16N2OS. The van der Waals surface area contributed by atoms with Gasteiger partial charge in [0.2, 0.25) is 0 Å². The molecule has 0 aromatic heterocycles. The molecular weight excluding hydrogens is 196 g/mol. The van der Waals surface area contributed by atoms with Crippen LogP contribution in [0.15, 0.2) is 24.3 Å². The van der Waals surface area contributed by atoms with E-state index in [4.69, 9.17) is 5.73 Å². The molecule has 78 valence electrons. The second-order valence-corrected chi connectivity index (χ2v) is 4.72. The average Bonchev–Trinajstić information content (AvgIpc) is 2.07. The Labute approximate surface area is 87.3 Å². The van der Waals surface area contributed by atoms with E-state index in [1.165, 1.54) is 0 Å². The minimum atomic E-state index is -0.999. The number of nitrogens with one attached hydrogen (secondary N) is 1. The summed E-state index contributed by atoms with van der Waals surface area (Å²) in [6, 6.07) is 7.68. The van der Waals surface area contributed by atoms with Crippen LogP contribution in [0.1, 0.15) is 19.4 Å². The van der Waals surface area contributed by atoms with E-state index in [9.17, 15) is 4.21 Å². The van der Waals surface area contributed by atoms with Crippen molar-refractivity contribution in [2.24, 2.45) is 0 Å². The Hall–Kier alpha value is -0.870. The summed E-state index contributed by atoms with van der Waals surface area (Å²) in [5.74, 6) is 0.526. The van der Waals surface area contributed by atoms with E-state index in [0.29, 0.717) is 5.75 Å². The maximum Gasteiger partial charge on any atom is 0.0962 e. The van der Waals surface area contributed by atoms with E-state index in [-0.39, 0.29) is 6.04 Å². The molecule has 0 amide bonds. The van der Waals surface area contributed by atoms with Crippen LogP contribution in [0.2, 0.25) is 0 Å². The largest absolute Gasteiger partial charge is 0.399 e. The first-order valence-electron chi connectivity index (χ1n) is 4.57. The standard InChI is InChI=1S/C10H16N2OS/c1-8(2)12-14(13)7-9-3-5-10(11)6-4-9/h3-6,8,12H,7,11H2,1-2H3. The first-order chi connectivity index (χ1) is 6.58. The number of nitrogen functional groups attached to an aromatic ring is 1. The van der Waals surface area contributed by atoms with Crippen molar-refractivity contribution in [3.63, 3.8) is 0 Å². The Morgan fingerprint density at radius 1 is 1.36 bits per heavy atom. The van der Waals surface area contributed by atoms with Crippen molar-refractivity contribution in [2.45, 2.75) is 25.6 Å². The molecule has 1 aromatic carbocycles. The summed E-state index contributed by atoms with van der Waals surface area (Å²) in [6.07, 6.45) is 0. The predicted octanol–water partition coefficient (Wildman–Crippen LogP) is 1.43. The van der Waals surface area contributed by atoms with E-state index >= 15 is 0 Å². The van der Waals surface area contributed by atoms with Crippen LogP contribution in [0.3, 0.4) is 0 Å². The van der Waals surface area contributed by atoms with Crippen molar-refractivity contribution in [3.05, 3.63) is 29.8 Å². The quantitative estimate of drug-likeness (QED) is 0.742. The minimum Gasteiger partial charge on any atom is -0.399 e. The van der Waals surface area contributed by atoms with Crippen LogP contribution in [0.5, 0.6) is 0 Å². The van der Waals surface area contributed by atoms with Gasteiger partial charge in [-0.15, -0.1) is 0 Å². The van der Waals surface area contributed by atoms with Crippen molar-refractivity contribution in [3.8, 4) is 0 Å². The molecule has 1 aromatic rings. The number of hydrogen-bond acceptors (Lipinski definition) is 2. The van der Waals surface area contributed by atoms with Crippen molar-refractivity contribution in [1.82, 2.24) is 4.72 Å². The summed E-state index contributed by atoms with van der Waals surface area (Å²) in [7, 11) is -0.999. The molecule has 14 heavy (non-hydrogen) atoms. The zero-order valence-corrected chi connectivity index (χ0v) is 9.30. The van der Waals surface area contributed by atoms with Gasteiger partial charge >= 0.3 is 0 Å². The van der Waals surface area contributed by atoms with Crippen LogP contribution >= 0.6 is 0 Å². The van der Waals surface area contributed by atoms with E-state index in [1.54, 1.807) is 0 Å². The van der Waals surface area contributed by atoms with Crippen molar-refractivity contribution in [2.75, 3.05) is 5.73 Å². The van der Waals surface area contributed by atoms with Gasteiger partial charge in [0.1, 0.15) is 0 Å². The highest BCUT2D eigenvalue weighted by Gasteiger charge is 2.02. The Morgan fingerprint density at radius 2 is 1.93 bits per heavy atom. The zero-order valence-electron chi connectivity index (χ0n) is 8.49. The van der Waals surface area contributed by atoms with Gasteiger partial charge in [-0.25, -0.2) is 8.93 Å². The molecule has 0 aliphatic carbocycles. The third-order valence-corrected chi connectivity index (χ3v) is 2.97. The van der Waals surface area contributed by atoms with Crippen LogP contribution in [-0.2, 0) is 16.7 Å². The van der Waals surface area contributed by atoms with Gasteiger partial charge in [0.25, 0.3) is 0 Å². The molecule has 0 spiro atoms. The summed E-state index contributed by atoms with van der Waals surface area (Å²) in [5.41, 5.74) is 7.31. The highest BCUT2D eigenvalue weighted by atomic mass is 32.2. The fraction of sp³-hybridized carbons (Fsp3) is 0.400. The Kier molecular flexibility index (Phi) is 4.10. The smallest absolute Gasteiger partial charge is 0.0962 e. The van der Waals surface area contributed by atoms with E-state index in [0.717, 1.165) is 11.3 Å². The maximum atomic E-state index is 11.5. The molecule has 4 heteroatoms. The van der Waals surface area contributed by atoms with Crippen molar-refractivity contribution in [1.29, 1.82) is 0 Å². The number of benzene rings is 1. The molecule has 3 N–H and O–H groups in total. The SMILES string of the molecule is CC(C)NS(=O)Cc1ccc(N)cc1. The van der Waals surface area contributed by atoms with Crippen LogP contribution in [-0.4, -0.2) is 10.3 Å². The van der Waals surface area contributed by atoms with Crippen LogP contribution in [0, 0.1) is 0 Å². The van der Waals surface area contributed by atoms with E-state index in [2.05, 4.69) is 4.72 Å². The molecule has 0 bridgehead atoms. The van der Waals surface area contributed by atoms with Crippen molar-refractivity contribution < 1.29 is 4.21 Å². The van der Waals surface area contributed by atoms with Gasteiger partial charge < -0.3 is 5.73 Å². The summed E-state index contributed by atoms with van der Waals surface area (Å²) in [4.78, 5) is 0. The van der Waals surface area contributed by atoms with Crippen LogP contribution in [0.25, 0.3) is 0 Å². The third kappa shape index (κ3) is 3.89. The molecule has 1 rings (SSSR count). The molecule has 1 unspecified atom stereocenters. The van der Waals surface area contributed by atoms with Crippen molar-refractivity contribution >= 4 is 16.7 Å². The number of hydrogen-bond donors (Lipinski definition) is 2. The molecule has 0 saturated heterocycles. The fourth-order valence-electron chi connectivity index (χ4n) is 1.07. The van der Waals surface area contributed by atoms with Gasteiger partial charge in [-0.1, -0.05) is 12.1 Å². The normalized spacial score (nSPS) is 13.1.